The quantitative estimate of drug-likeness (QED) is 0.485. The monoisotopic (exact) mass is 399 g/mol. The van der Waals surface area contributed by atoms with Crippen LogP contribution >= 0.6 is 0 Å². The molecule has 3 aromatic carbocycles. The number of esters is 1. The summed E-state index contributed by atoms with van der Waals surface area (Å²) >= 11 is 0. The predicted molar refractivity (Wildman–Crippen MR) is 120 cm³/mol. The second-order valence-electron chi connectivity index (χ2n) is 7.91. The molecule has 0 aliphatic carbocycles. The van der Waals surface area contributed by atoms with Crippen LogP contribution in [-0.2, 0) is 9.53 Å². The molecule has 3 nitrogen and oxygen atoms in total. The number of piperidine rings is 1. The molecule has 0 spiro atoms. The normalized spacial score (nSPS) is 15.6. The minimum absolute atomic E-state index is 0.0997. The summed E-state index contributed by atoms with van der Waals surface area (Å²) < 4.78 is 6.00. The van der Waals surface area contributed by atoms with E-state index in [4.69, 9.17) is 4.74 Å². The Morgan fingerprint density at radius 3 is 1.67 bits per heavy atom. The lowest BCUT2D eigenvalue weighted by molar-refractivity contribution is -0.146. The number of hydrogen-bond acceptors (Lipinski definition) is 3. The third-order valence-electron chi connectivity index (χ3n) is 5.90. The van der Waals surface area contributed by atoms with Crippen LogP contribution < -0.4 is 0 Å². The Bertz CT molecular complexity index is 866. The van der Waals surface area contributed by atoms with Crippen molar-refractivity contribution in [3.8, 4) is 0 Å². The van der Waals surface area contributed by atoms with Gasteiger partial charge in [0, 0.05) is 0 Å². The van der Waals surface area contributed by atoms with Crippen LogP contribution in [0.25, 0.3) is 0 Å². The highest BCUT2D eigenvalue weighted by Crippen LogP contribution is 2.29. The first-order valence-electron chi connectivity index (χ1n) is 10.9. The van der Waals surface area contributed by atoms with Crippen LogP contribution in [0.3, 0.4) is 0 Å². The Hall–Kier alpha value is -2.91. The largest absolute Gasteiger partial charge is 0.463 e. The van der Waals surface area contributed by atoms with Gasteiger partial charge in [-0.15, -0.1) is 0 Å². The maximum Gasteiger partial charge on any atom is 0.317 e. The molecule has 1 aliphatic rings. The number of nitrogens with zero attached hydrogens (tertiary/aromatic N) is 1. The van der Waals surface area contributed by atoms with Crippen LogP contribution in [0.15, 0.2) is 91.0 Å². The van der Waals surface area contributed by atoms with Crippen LogP contribution in [0.2, 0.25) is 0 Å². The summed E-state index contributed by atoms with van der Waals surface area (Å²) in [5.41, 5.74) is 3.13. The Morgan fingerprint density at radius 1 is 0.700 bits per heavy atom. The number of carbonyl (C=O) groups excluding carboxylic acids is 1. The molecule has 0 saturated carbocycles. The highest BCUT2D eigenvalue weighted by molar-refractivity contribution is 5.82. The van der Waals surface area contributed by atoms with Gasteiger partial charge < -0.3 is 4.74 Å². The van der Waals surface area contributed by atoms with Crippen molar-refractivity contribution in [3.63, 3.8) is 0 Å². The van der Waals surface area contributed by atoms with Crippen LogP contribution in [-0.4, -0.2) is 30.6 Å². The number of carbonyl (C=O) groups is 1. The summed E-state index contributed by atoms with van der Waals surface area (Å²) in [5.74, 6) is -0.601. The minimum Gasteiger partial charge on any atom is -0.463 e. The van der Waals surface area contributed by atoms with Gasteiger partial charge in [-0.2, -0.15) is 0 Å². The first kappa shape index (κ1) is 20.4. The predicted octanol–water partition coefficient (Wildman–Crippen LogP) is 5.59. The van der Waals surface area contributed by atoms with Crippen molar-refractivity contribution in [2.45, 2.75) is 31.2 Å². The molecule has 0 radical (unpaired) electrons. The van der Waals surface area contributed by atoms with Crippen LogP contribution in [0.5, 0.6) is 0 Å². The second kappa shape index (κ2) is 10.2. The Balaban J connectivity index is 1.55. The maximum atomic E-state index is 13.3. The van der Waals surface area contributed by atoms with Gasteiger partial charge in [0.2, 0.25) is 0 Å². The zero-order chi connectivity index (χ0) is 20.6. The van der Waals surface area contributed by atoms with E-state index in [0.717, 1.165) is 24.2 Å². The van der Waals surface area contributed by atoms with Gasteiger partial charge in [-0.3, -0.25) is 9.69 Å². The van der Waals surface area contributed by atoms with E-state index in [2.05, 4.69) is 29.2 Å². The van der Waals surface area contributed by atoms with Crippen molar-refractivity contribution in [3.05, 3.63) is 108 Å². The van der Waals surface area contributed by atoms with Crippen molar-refractivity contribution in [1.82, 2.24) is 4.90 Å². The van der Waals surface area contributed by atoms with E-state index in [1.165, 1.54) is 24.8 Å². The number of likely N-dealkylation sites (tertiary alicyclic amines) is 1. The standard InChI is InChI=1S/C27H29NO2/c29-27(26(23-15-7-2-8-16-23)24-17-9-3-10-18-24)30-21-25(22-13-5-1-6-14-22)28-19-11-4-12-20-28/h1-3,5-10,13-18,25-26H,4,11-12,19-21H2. The van der Waals surface area contributed by atoms with E-state index in [-0.39, 0.29) is 12.0 Å². The lowest BCUT2D eigenvalue weighted by Crippen LogP contribution is -2.37. The average molecular weight is 400 g/mol. The van der Waals surface area contributed by atoms with Crippen LogP contribution in [0, 0.1) is 0 Å². The Labute approximate surface area is 179 Å². The fourth-order valence-corrected chi connectivity index (χ4v) is 4.32. The maximum absolute atomic E-state index is 13.3. The van der Waals surface area contributed by atoms with Gasteiger partial charge in [0.25, 0.3) is 0 Å². The van der Waals surface area contributed by atoms with E-state index < -0.39 is 5.92 Å². The molecule has 30 heavy (non-hydrogen) atoms. The first-order valence-corrected chi connectivity index (χ1v) is 10.9. The van der Waals surface area contributed by atoms with Gasteiger partial charge in [-0.05, 0) is 42.6 Å². The summed E-state index contributed by atoms with van der Waals surface area (Å²) in [4.78, 5) is 15.8. The van der Waals surface area contributed by atoms with E-state index in [1.807, 2.05) is 66.7 Å². The lowest BCUT2D eigenvalue weighted by Gasteiger charge is -2.34. The number of hydrogen-bond donors (Lipinski definition) is 0. The molecule has 0 aromatic heterocycles. The molecule has 0 amide bonds. The number of ether oxygens (including phenoxy) is 1. The van der Waals surface area contributed by atoms with Gasteiger partial charge in [0.15, 0.2) is 0 Å². The molecule has 0 N–H and O–H groups in total. The van der Waals surface area contributed by atoms with E-state index in [1.54, 1.807) is 0 Å². The third-order valence-corrected chi connectivity index (χ3v) is 5.90. The zero-order valence-corrected chi connectivity index (χ0v) is 17.3. The van der Waals surface area contributed by atoms with Crippen molar-refractivity contribution < 1.29 is 9.53 Å². The van der Waals surface area contributed by atoms with Crippen LogP contribution in [0.1, 0.15) is 47.9 Å². The molecule has 1 atom stereocenters. The molecule has 0 bridgehead atoms. The highest BCUT2D eigenvalue weighted by Gasteiger charge is 2.28. The molecule has 1 fully saturated rings. The van der Waals surface area contributed by atoms with Crippen molar-refractivity contribution in [2.24, 2.45) is 0 Å². The molecule has 1 heterocycles. The van der Waals surface area contributed by atoms with E-state index in [0.29, 0.717) is 6.61 Å². The SMILES string of the molecule is O=C(OCC(c1ccccc1)N1CCCCC1)C(c1ccccc1)c1ccccc1. The smallest absolute Gasteiger partial charge is 0.317 e. The molecular weight excluding hydrogens is 370 g/mol. The Kier molecular flexibility index (Phi) is 6.94. The fraction of sp³-hybridized carbons (Fsp3) is 0.296. The van der Waals surface area contributed by atoms with Crippen molar-refractivity contribution >= 4 is 5.97 Å². The summed E-state index contributed by atoms with van der Waals surface area (Å²) in [7, 11) is 0. The molecule has 4 rings (SSSR count). The van der Waals surface area contributed by atoms with Gasteiger partial charge in [0.1, 0.15) is 12.5 Å². The Morgan fingerprint density at radius 2 is 1.17 bits per heavy atom. The third kappa shape index (κ3) is 4.98. The zero-order valence-electron chi connectivity index (χ0n) is 17.3. The highest BCUT2D eigenvalue weighted by atomic mass is 16.5. The molecular formula is C27H29NO2. The summed E-state index contributed by atoms with van der Waals surface area (Å²) in [6.45, 7) is 2.48. The molecule has 1 aliphatic heterocycles. The van der Waals surface area contributed by atoms with Crippen molar-refractivity contribution in [1.29, 1.82) is 0 Å². The van der Waals surface area contributed by atoms with Crippen molar-refractivity contribution in [2.75, 3.05) is 19.7 Å². The second-order valence-corrected chi connectivity index (χ2v) is 7.91. The van der Waals surface area contributed by atoms with E-state index >= 15 is 0 Å². The summed E-state index contributed by atoms with van der Waals surface area (Å²) in [5, 5.41) is 0. The molecule has 3 heteroatoms. The summed E-state index contributed by atoms with van der Waals surface area (Å²) in [6.07, 6.45) is 3.68. The van der Waals surface area contributed by atoms with Gasteiger partial charge in [0.05, 0.1) is 6.04 Å². The van der Waals surface area contributed by atoms with Gasteiger partial charge in [-0.1, -0.05) is 97.4 Å². The average Bonchev–Trinajstić information content (AvgIpc) is 2.82. The van der Waals surface area contributed by atoms with Gasteiger partial charge in [-0.25, -0.2) is 0 Å². The summed E-state index contributed by atoms with van der Waals surface area (Å²) in [6, 6.07) is 30.3. The molecule has 1 saturated heterocycles. The minimum atomic E-state index is -0.412. The topological polar surface area (TPSA) is 29.5 Å². The number of benzene rings is 3. The molecule has 1 unspecified atom stereocenters. The lowest BCUT2D eigenvalue weighted by atomic mass is 9.91. The van der Waals surface area contributed by atoms with Gasteiger partial charge >= 0.3 is 5.97 Å². The number of rotatable bonds is 7. The van der Waals surface area contributed by atoms with Crippen LogP contribution in [0.4, 0.5) is 0 Å². The fourth-order valence-electron chi connectivity index (χ4n) is 4.32. The molecule has 3 aromatic rings. The first-order chi connectivity index (χ1) is 14.8. The van der Waals surface area contributed by atoms with E-state index in [9.17, 15) is 4.79 Å². The molecule has 154 valence electrons.